The number of imidazole rings is 1. The minimum Gasteiger partial charge on any atom is -0.337 e. The number of nitrogens with one attached hydrogen (secondary N) is 1. The second-order valence-electron chi connectivity index (χ2n) is 4.48. The molecule has 3 aromatic rings. The van der Waals surface area contributed by atoms with Gasteiger partial charge in [0.25, 0.3) is 0 Å². The fourth-order valence-corrected chi connectivity index (χ4v) is 2.03. The van der Waals surface area contributed by atoms with Crippen LogP contribution in [-0.4, -0.2) is 15.0 Å². The van der Waals surface area contributed by atoms with E-state index in [1.54, 1.807) is 12.3 Å². The second kappa shape index (κ2) is 4.33. The molecule has 3 nitrogen and oxygen atoms in total. The van der Waals surface area contributed by atoms with Crippen LogP contribution in [0.1, 0.15) is 11.1 Å². The zero-order valence-electron chi connectivity index (χ0n) is 10.5. The van der Waals surface area contributed by atoms with E-state index >= 15 is 0 Å². The lowest BCUT2D eigenvalue weighted by atomic mass is 10.2. The highest BCUT2D eigenvalue weighted by Crippen LogP contribution is 2.31. The van der Waals surface area contributed by atoms with E-state index in [2.05, 4.69) is 15.0 Å². The number of fused-ring (bicyclic) bond motifs is 1. The molecule has 0 saturated heterocycles. The van der Waals surface area contributed by atoms with Crippen LogP contribution in [0.3, 0.4) is 0 Å². The summed E-state index contributed by atoms with van der Waals surface area (Å²) in [7, 11) is 0. The van der Waals surface area contributed by atoms with Crippen LogP contribution < -0.4 is 0 Å². The van der Waals surface area contributed by atoms with Gasteiger partial charge in [0.15, 0.2) is 5.82 Å². The first kappa shape index (κ1) is 12.7. The van der Waals surface area contributed by atoms with E-state index in [9.17, 15) is 13.2 Å². The number of aryl methyl sites for hydroxylation is 1. The number of hydrogen-bond acceptors (Lipinski definition) is 2. The maximum Gasteiger partial charge on any atom is 0.416 e. The molecule has 0 fully saturated rings. The van der Waals surface area contributed by atoms with Crippen LogP contribution in [0.5, 0.6) is 0 Å². The Morgan fingerprint density at radius 2 is 1.95 bits per heavy atom. The number of hydrogen-bond donors (Lipinski definition) is 1. The lowest BCUT2D eigenvalue weighted by Gasteiger charge is -2.05. The SMILES string of the molecule is Cc1cccnc1-c1nc2ccc(C(F)(F)F)cc2[nH]1. The average Bonchev–Trinajstić information content (AvgIpc) is 2.80. The minimum atomic E-state index is -4.36. The molecule has 0 saturated carbocycles. The average molecular weight is 277 g/mol. The molecule has 6 heteroatoms. The Labute approximate surface area is 112 Å². The number of rotatable bonds is 1. The van der Waals surface area contributed by atoms with Crippen LogP contribution in [0.4, 0.5) is 13.2 Å². The first-order valence-corrected chi connectivity index (χ1v) is 5.94. The number of benzene rings is 1. The molecule has 0 bridgehead atoms. The molecule has 1 N–H and O–H groups in total. The van der Waals surface area contributed by atoms with Crippen molar-refractivity contribution in [2.45, 2.75) is 13.1 Å². The predicted molar refractivity (Wildman–Crippen MR) is 69.1 cm³/mol. The van der Waals surface area contributed by atoms with Crippen LogP contribution in [0, 0.1) is 6.92 Å². The Hall–Kier alpha value is -2.37. The van der Waals surface area contributed by atoms with Crippen LogP contribution >= 0.6 is 0 Å². The smallest absolute Gasteiger partial charge is 0.337 e. The standard InChI is InChI=1S/C14H10F3N3/c1-8-3-2-6-18-12(8)13-19-10-5-4-9(14(15,16)17)7-11(10)20-13/h2-7H,1H3,(H,19,20). The van der Waals surface area contributed by atoms with Gasteiger partial charge in [-0.05, 0) is 36.8 Å². The monoisotopic (exact) mass is 277 g/mol. The summed E-state index contributed by atoms with van der Waals surface area (Å²) in [6.07, 6.45) is -2.74. The van der Waals surface area contributed by atoms with Gasteiger partial charge in [-0.25, -0.2) is 4.98 Å². The zero-order chi connectivity index (χ0) is 14.3. The molecule has 20 heavy (non-hydrogen) atoms. The van der Waals surface area contributed by atoms with E-state index in [0.717, 1.165) is 17.7 Å². The summed E-state index contributed by atoms with van der Waals surface area (Å²) in [5, 5.41) is 0. The Morgan fingerprint density at radius 3 is 2.65 bits per heavy atom. The van der Waals surface area contributed by atoms with Crippen molar-refractivity contribution in [2.24, 2.45) is 0 Å². The maximum absolute atomic E-state index is 12.7. The third-order valence-corrected chi connectivity index (χ3v) is 3.04. The summed E-state index contributed by atoms with van der Waals surface area (Å²) in [6, 6.07) is 7.11. The van der Waals surface area contributed by atoms with Crippen molar-refractivity contribution in [1.29, 1.82) is 0 Å². The van der Waals surface area contributed by atoms with E-state index in [1.807, 2.05) is 13.0 Å². The number of H-pyrrole nitrogens is 1. The Bertz CT molecular complexity index is 775. The molecular weight excluding hydrogens is 267 g/mol. The molecule has 0 amide bonds. The number of aromatic nitrogens is 3. The van der Waals surface area contributed by atoms with Gasteiger partial charge in [0, 0.05) is 6.20 Å². The van der Waals surface area contributed by atoms with Gasteiger partial charge in [0.05, 0.1) is 16.6 Å². The van der Waals surface area contributed by atoms with E-state index in [0.29, 0.717) is 22.6 Å². The van der Waals surface area contributed by atoms with Crippen molar-refractivity contribution >= 4 is 11.0 Å². The summed E-state index contributed by atoms with van der Waals surface area (Å²) >= 11 is 0. The van der Waals surface area contributed by atoms with Gasteiger partial charge >= 0.3 is 6.18 Å². The molecule has 2 heterocycles. The third-order valence-electron chi connectivity index (χ3n) is 3.04. The zero-order valence-corrected chi connectivity index (χ0v) is 10.5. The van der Waals surface area contributed by atoms with Crippen LogP contribution in [0.25, 0.3) is 22.6 Å². The van der Waals surface area contributed by atoms with Crippen molar-refractivity contribution in [3.8, 4) is 11.5 Å². The van der Waals surface area contributed by atoms with Crippen LogP contribution in [-0.2, 0) is 6.18 Å². The van der Waals surface area contributed by atoms with Gasteiger partial charge in [0.2, 0.25) is 0 Å². The first-order valence-electron chi connectivity index (χ1n) is 5.94. The Morgan fingerprint density at radius 1 is 1.15 bits per heavy atom. The summed E-state index contributed by atoms with van der Waals surface area (Å²) in [5.74, 6) is 0.470. The summed E-state index contributed by atoms with van der Waals surface area (Å²) < 4.78 is 38.0. The molecule has 0 atom stereocenters. The van der Waals surface area contributed by atoms with Gasteiger partial charge < -0.3 is 4.98 Å². The van der Waals surface area contributed by atoms with E-state index in [4.69, 9.17) is 0 Å². The lowest BCUT2D eigenvalue weighted by Crippen LogP contribution is -2.04. The molecule has 0 unspecified atom stereocenters. The van der Waals surface area contributed by atoms with E-state index < -0.39 is 11.7 Å². The minimum absolute atomic E-state index is 0.347. The van der Waals surface area contributed by atoms with Crippen LogP contribution in [0.2, 0.25) is 0 Å². The third kappa shape index (κ3) is 2.13. The van der Waals surface area contributed by atoms with E-state index in [-0.39, 0.29) is 0 Å². The van der Waals surface area contributed by atoms with Gasteiger partial charge in [-0.3, -0.25) is 4.98 Å². The van der Waals surface area contributed by atoms with E-state index in [1.165, 1.54) is 6.07 Å². The molecule has 0 radical (unpaired) electrons. The molecule has 0 aliphatic rings. The molecule has 2 aromatic heterocycles. The topological polar surface area (TPSA) is 41.6 Å². The predicted octanol–water partition coefficient (Wildman–Crippen LogP) is 3.95. The highest BCUT2D eigenvalue weighted by Gasteiger charge is 2.30. The summed E-state index contributed by atoms with van der Waals surface area (Å²) in [5.41, 5.74) is 1.68. The highest BCUT2D eigenvalue weighted by atomic mass is 19.4. The Balaban J connectivity index is 2.14. The quantitative estimate of drug-likeness (QED) is 0.731. The molecular formula is C14H10F3N3. The highest BCUT2D eigenvalue weighted by molar-refractivity contribution is 5.80. The molecule has 0 spiro atoms. The number of nitrogens with zero attached hydrogens (tertiary/aromatic N) is 2. The van der Waals surface area contributed by atoms with Crippen molar-refractivity contribution in [3.63, 3.8) is 0 Å². The summed E-state index contributed by atoms with van der Waals surface area (Å²) in [6.45, 7) is 1.87. The van der Waals surface area contributed by atoms with Gasteiger partial charge in [-0.1, -0.05) is 6.07 Å². The number of aromatic amines is 1. The fourth-order valence-electron chi connectivity index (χ4n) is 2.03. The number of halogens is 3. The summed E-state index contributed by atoms with van der Waals surface area (Å²) in [4.78, 5) is 11.4. The van der Waals surface area contributed by atoms with Gasteiger partial charge in [-0.2, -0.15) is 13.2 Å². The molecule has 0 aliphatic heterocycles. The van der Waals surface area contributed by atoms with Crippen molar-refractivity contribution in [1.82, 2.24) is 15.0 Å². The first-order chi connectivity index (χ1) is 9.45. The normalized spacial score (nSPS) is 12.0. The van der Waals surface area contributed by atoms with Gasteiger partial charge in [0.1, 0.15) is 5.69 Å². The molecule has 3 rings (SSSR count). The number of pyridine rings is 1. The molecule has 1 aromatic carbocycles. The molecule has 102 valence electrons. The van der Waals surface area contributed by atoms with Crippen LogP contribution in [0.15, 0.2) is 36.5 Å². The molecule has 0 aliphatic carbocycles. The largest absolute Gasteiger partial charge is 0.416 e. The Kier molecular flexibility index (Phi) is 2.74. The lowest BCUT2D eigenvalue weighted by molar-refractivity contribution is -0.137. The van der Waals surface area contributed by atoms with Crippen molar-refractivity contribution in [3.05, 3.63) is 47.7 Å². The van der Waals surface area contributed by atoms with Gasteiger partial charge in [-0.15, -0.1) is 0 Å². The second-order valence-corrected chi connectivity index (χ2v) is 4.48. The maximum atomic E-state index is 12.7. The number of alkyl halides is 3. The fraction of sp³-hybridized carbons (Fsp3) is 0.143. The van der Waals surface area contributed by atoms with Crippen molar-refractivity contribution < 1.29 is 13.2 Å². The van der Waals surface area contributed by atoms with Crippen molar-refractivity contribution in [2.75, 3.05) is 0 Å².